The Hall–Kier alpha value is -3.87. The molecule has 2 aliphatic rings. The lowest BCUT2D eigenvalue weighted by Crippen LogP contribution is -2.42. The number of pyridine rings is 1. The highest BCUT2D eigenvalue weighted by Crippen LogP contribution is 2.40. The molecule has 0 saturated carbocycles. The average molecular weight is 456 g/mol. The second-order valence-corrected chi connectivity index (χ2v) is 8.30. The second-order valence-electron chi connectivity index (χ2n) is 8.30. The summed E-state index contributed by atoms with van der Waals surface area (Å²) in [5, 5.41) is 17.4. The van der Waals surface area contributed by atoms with Gasteiger partial charge in [-0.2, -0.15) is 10.4 Å². The molecule has 1 fully saturated rings. The van der Waals surface area contributed by atoms with Crippen molar-refractivity contribution < 1.29 is 9.47 Å². The molecule has 1 N–H and O–H groups in total. The fourth-order valence-electron chi connectivity index (χ4n) is 4.23. The molecule has 1 aliphatic carbocycles. The number of ether oxygens (including phenoxy) is 2. The van der Waals surface area contributed by atoms with Crippen LogP contribution in [0.3, 0.4) is 0 Å². The van der Waals surface area contributed by atoms with Gasteiger partial charge in [0.1, 0.15) is 11.5 Å². The zero-order valence-corrected chi connectivity index (χ0v) is 18.8. The van der Waals surface area contributed by atoms with Crippen molar-refractivity contribution in [3.63, 3.8) is 0 Å². The maximum absolute atomic E-state index is 9.95. The predicted molar refractivity (Wildman–Crippen MR) is 126 cm³/mol. The SMILES string of the molecule is Cn1cc(-c2cc(Nc3nccc(C4(OC5CCOCC5)C=CC=CC4C#N)n3)ccn2)cn1. The lowest BCUT2D eigenvalue weighted by Gasteiger charge is -2.39. The Morgan fingerprint density at radius 2 is 2.06 bits per heavy atom. The van der Waals surface area contributed by atoms with Crippen molar-refractivity contribution in [2.45, 2.75) is 24.5 Å². The van der Waals surface area contributed by atoms with Crippen molar-refractivity contribution >= 4 is 11.6 Å². The minimum Gasteiger partial charge on any atom is -0.381 e. The van der Waals surface area contributed by atoms with Gasteiger partial charge in [0.15, 0.2) is 0 Å². The Kier molecular flexibility index (Phi) is 6.16. The number of nitrogens with zero attached hydrogens (tertiary/aromatic N) is 6. The van der Waals surface area contributed by atoms with Gasteiger partial charge >= 0.3 is 0 Å². The number of aromatic nitrogens is 5. The van der Waals surface area contributed by atoms with Gasteiger partial charge in [-0.05, 0) is 37.1 Å². The van der Waals surface area contributed by atoms with E-state index in [1.165, 1.54) is 0 Å². The third-order valence-corrected chi connectivity index (χ3v) is 5.96. The van der Waals surface area contributed by atoms with Gasteiger partial charge in [-0.15, -0.1) is 0 Å². The molecule has 0 radical (unpaired) electrons. The van der Waals surface area contributed by atoms with Crippen LogP contribution in [-0.4, -0.2) is 44.1 Å². The topological polar surface area (TPSA) is 111 Å². The summed E-state index contributed by atoms with van der Waals surface area (Å²) in [4.78, 5) is 13.6. The molecule has 0 spiro atoms. The van der Waals surface area contributed by atoms with Crippen molar-refractivity contribution in [2.75, 3.05) is 18.5 Å². The third kappa shape index (κ3) is 4.46. The molecule has 34 heavy (non-hydrogen) atoms. The molecule has 9 heteroatoms. The van der Waals surface area contributed by atoms with Crippen molar-refractivity contribution in [1.29, 1.82) is 5.26 Å². The second kappa shape index (κ2) is 9.55. The molecule has 5 rings (SSSR count). The highest BCUT2D eigenvalue weighted by molar-refractivity contribution is 5.64. The molecule has 2 unspecified atom stereocenters. The lowest BCUT2D eigenvalue weighted by atomic mass is 9.81. The van der Waals surface area contributed by atoms with Gasteiger partial charge in [-0.1, -0.05) is 18.2 Å². The van der Waals surface area contributed by atoms with E-state index in [2.05, 4.69) is 26.5 Å². The van der Waals surface area contributed by atoms with Gasteiger partial charge in [-0.3, -0.25) is 9.67 Å². The van der Waals surface area contributed by atoms with Gasteiger partial charge in [-0.25, -0.2) is 9.97 Å². The van der Waals surface area contributed by atoms with E-state index < -0.39 is 11.5 Å². The summed E-state index contributed by atoms with van der Waals surface area (Å²) in [5.74, 6) is -0.100. The Morgan fingerprint density at radius 3 is 2.85 bits per heavy atom. The maximum Gasteiger partial charge on any atom is 0.227 e. The van der Waals surface area contributed by atoms with Crippen LogP contribution >= 0.6 is 0 Å². The fraction of sp³-hybridized carbons (Fsp3) is 0.320. The Labute approximate surface area is 197 Å². The normalized spacial score (nSPS) is 22.4. The average Bonchev–Trinajstić information content (AvgIpc) is 3.31. The fourth-order valence-corrected chi connectivity index (χ4v) is 4.23. The Balaban J connectivity index is 1.45. The van der Waals surface area contributed by atoms with E-state index in [0.717, 1.165) is 29.8 Å². The molecular weight excluding hydrogens is 430 g/mol. The Bertz CT molecular complexity index is 1260. The first-order valence-electron chi connectivity index (χ1n) is 11.2. The summed E-state index contributed by atoms with van der Waals surface area (Å²) in [6.07, 6.45) is 16.2. The van der Waals surface area contributed by atoms with Crippen LogP contribution in [0.25, 0.3) is 11.3 Å². The highest BCUT2D eigenvalue weighted by Gasteiger charge is 2.43. The molecular formula is C25H25N7O2. The minimum atomic E-state index is -0.996. The summed E-state index contributed by atoms with van der Waals surface area (Å²) in [6.45, 7) is 1.30. The molecule has 3 aromatic rings. The molecule has 1 saturated heterocycles. The third-order valence-electron chi connectivity index (χ3n) is 5.96. The highest BCUT2D eigenvalue weighted by atomic mass is 16.5. The predicted octanol–water partition coefficient (Wildman–Crippen LogP) is 3.67. The number of allylic oxidation sites excluding steroid dienone is 2. The van der Waals surface area contributed by atoms with Gasteiger partial charge in [0.2, 0.25) is 5.95 Å². The summed E-state index contributed by atoms with van der Waals surface area (Å²) in [7, 11) is 1.87. The van der Waals surface area contributed by atoms with Crippen LogP contribution < -0.4 is 5.32 Å². The number of rotatable bonds is 6. The minimum absolute atomic E-state index is 0.0191. The summed E-state index contributed by atoms with van der Waals surface area (Å²) in [6, 6.07) is 7.97. The van der Waals surface area contributed by atoms with Crippen molar-refractivity contribution in [3.8, 4) is 17.3 Å². The van der Waals surface area contributed by atoms with E-state index in [1.54, 1.807) is 23.3 Å². The lowest BCUT2D eigenvalue weighted by molar-refractivity contribution is -0.119. The summed E-state index contributed by atoms with van der Waals surface area (Å²) in [5.41, 5.74) is 2.13. The molecule has 3 aromatic heterocycles. The number of anilines is 2. The zero-order chi connectivity index (χ0) is 23.4. The Morgan fingerprint density at radius 1 is 1.21 bits per heavy atom. The van der Waals surface area contributed by atoms with Crippen LogP contribution in [0.5, 0.6) is 0 Å². The first-order chi connectivity index (χ1) is 16.7. The van der Waals surface area contributed by atoms with Crippen LogP contribution in [0.1, 0.15) is 18.5 Å². The van der Waals surface area contributed by atoms with E-state index in [9.17, 15) is 5.26 Å². The number of hydrogen-bond acceptors (Lipinski definition) is 8. The van der Waals surface area contributed by atoms with Gasteiger partial charge < -0.3 is 14.8 Å². The van der Waals surface area contributed by atoms with Gasteiger partial charge in [0, 0.05) is 50.1 Å². The standard InChI is InChI=1S/C25H25N7O2/c1-32-17-18(16-29-32)22-14-20(5-10-27-22)30-24-28-11-6-23(31-24)25(9-3-2-4-19(25)15-26)34-21-7-12-33-13-8-21/h2-6,9-11,14,16-17,19,21H,7-8,12-13H2,1H3,(H,27,28,30,31). The molecule has 2 atom stereocenters. The van der Waals surface area contributed by atoms with Crippen LogP contribution in [0.4, 0.5) is 11.6 Å². The molecule has 0 amide bonds. The van der Waals surface area contributed by atoms with Crippen molar-refractivity contribution in [3.05, 3.63) is 73.0 Å². The molecule has 4 heterocycles. The molecule has 172 valence electrons. The van der Waals surface area contributed by atoms with Gasteiger partial charge in [0.05, 0.1) is 29.8 Å². The molecule has 0 aromatic carbocycles. The van der Waals surface area contributed by atoms with E-state index in [1.807, 2.05) is 55.7 Å². The van der Waals surface area contributed by atoms with Crippen LogP contribution in [0.15, 0.2) is 67.3 Å². The first kappa shape index (κ1) is 21.9. The quantitative estimate of drug-likeness (QED) is 0.599. The van der Waals surface area contributed by atoms with E-state index in [-0.39, 0.29) is 6.10 Å². The zero-order valence-electron chi connectivity index (χ0n) is 18.8. The molecule has 0 bridgehead atoms. The monoisotopic (exact) mass is 455 g/mol. The summed E-state index contributed by atoms with van der Waals surface area (Å²) < 4.78 is 13.8. The number of nitriles is 1. The molecule has 1 aliphatic heterocycles. The number of aryl methyl sites for hydroxylation is 1. The van der Waals surface area contributed by atoms with Crippen LogP contribution in [0, 0.1) is 17.2 Å². The summed E-state index contributed by atoms with van der Waals surface area (Å²) >= 11 is 0. The number of nitrogens with one attached hydrogen (secondary N) is 1. The van der Waals surface area contributed by atoms with Crippen molar-refractivity contribution in [1.82, 2.24) is 24.7 Å². The smallest absolute Gasteiger partial charge is 0.227 e. The first-order valence-corrected chi connectivity index (χ1v) is 11.2. The number of hydrogen-bond donors (Lipinski definition) is 1. The van der Waals surface area contributed by atoms with Crippen LogP contribution in [-0.2, 0) is 22.1 Å². The van der Waals surface area contributed by atoms with E-state index >= 15 is 0 Å². The van der Waals surface area contributed by atoms with Crippen molar-refractivity contribution in [2.24, 2.45) is 13.0 Å². The van der Waals surface area contributed by atoms with E-state index in [0.29, 0.717) is 24.9 Å². The van der Waals surface area contributed by atoms with E-state index in [4.69, 9.17) is 14.5 Å². The maximum atomic E-state index is 9.95. The van der Waals surface area contributed by atoms with Gasteiger partial charge in [0.25, 0.3) is 0 Å². The largest absolute Gasteiger partial charge is 0.381 e. The molecule has 9 nitrogen and oxygen atoms in total. The van der Waals surface area contributed by atoms with Crippen LogP contribution in [0.2, 0.25) is 0 Å².